The van der Waals surface area contributed by atoms with Gasteiger partial charge in [0, 0.05) is 12.6 Å². The molecule has 0 atom stereocenters. The van der Waals surface area contributed by atoms with E-state index < -0.39 is 0 Å². The smallest absolute Gasteiger partial charge is 0.257 e. The van der Waals surface area contributed by atoms with E-state index in [0.29, 0.717) is 23.2 Å². The van der Waals surface area contributed by atoms with Crippen LogP contribution in [0.5, 0.6) is 5.75 Å². The van der Waals surface area contributed by atoms with Crippen LogP contribution < -0.4 is 9.75 Å². The summed E-state index contributed by atoms with van der Waals surface area (Å²) in [6.45, 7) is 3.85. The zero-order valence-corrected chi connectivity index (χ0v) is 12.5. The molecule has 0 saturated heterocycles. The van der Waals surface area contributed by atoms with Gasteiger partial charge in [0.05, 0.1) is 5.69 Å². The highest BCUT2D eigenvalue weighted by atomic mass is 16.5. The number of ether oxygens (including phenoxy) is 1. The molecule has 0 unspecified atom stereocenters. The average molecular weight is 294 g/mol. The molecule has 0 aliphatic carbocycles. The van der Waals surface area contributed by atoms with Crippen LogP contribution in [0.25, 0.3) is 5.78 Å². The van der Waals surface area contributed by atoms with E-state index in [-0.39, 0.29) is 0 Å². The highest BCUT2D eigenvalue weighted by molar-refractivity contribution is 5.98. The number of hydrogen-bond donors (Lipinski definition) is 0. The molecule has 1 aliphatic heterocycles. The fourth-order valence-electron chi connectivity index (χ4n) is 2.56. The summed E-state index contributed by atoms with van der Waals surface area (Å²) in [5.74, 6) is 3.18. The summed E-state index contributed by atoms with van der Waals surface area (Å²) in [6.07, 6.45) is 0. The van der Waals surface area contributed by atoms with Crippen LogP contribution in [0.2, 0.25) is 0 Å². The van der Waals surface area contributed by atoms with Gasteiger partial charge in [-0.2, -0.15) is 4.98 Å². The molecule has 0 N–H and O–H groups in total. The van der Waals surface area contributed by atoms with Crippen LogP contribution in [0.15, 0.2) is 35.4 Å². The van der Waals surface area contributed by atoms with Crippen LogP contribution in [-0.2, 0) is 0 Å². The lowest BCUT2D eigenvalue weighted by Gasteiger charge is -2.25. The largest absolute Gasteiger partial charge is 0.431 e. The van der Waals surface area contributed by atoms with Gasteiger partial charge >= 0.3 is 0 Å². The summed E-state index contributed by atoms with van der Waals surface area (Å²) in [5.41, 5.74) is 1.82. The molecule has 0 bridgehead atoms. The van der Waals surface area contributed by atoms with Crippen molar-refractivity contribution < 1.29 is 4.74 Å². The SMILES string of the molecule is Cc1nnc2nc3c(c(C)n12)OC(c1ccccc1)=NN3C. The molecule has 0 radical (unpaired) electrons. The second kappa shape index (κ2) is 4.52. The van der Waals surface area contributed by atoms with Gasteiger partial charge in [-0.1, -0.05) is 18.2 Å². The van der Waals surface area contributed by atoms with Crippen LogP contribution in [0.3, 0.4) is 0 Å². The zero-order valence-electron chi connectivity index (χ0n) is 12.5. The fraction of sp³-hybridized carbons (Fsp3) is 0.200. The van der Waals surface area contributed by atoms with Gasteiger partial charge in [-0.15, -0.1) is 15.3 Å². The van der Waals surface area contributed by atoms with Gasteiger partial charge in [-0.25, -0.2) is 5.01 Å². The van der Waals surface area contributed by atoms with E-state index in [4.69, 9.17) is 4.74 Å². The Morgan fingerprint density at radius 2 is 1.82 bits per heavy atom. The second-order valence-corrected chi connectivity index (χ2v) is 5.13. The summed E-state index contributed by atoms with van der Waals surface area (Å²) < 4.78 is 7.90. The molecule has 0 spiro atoms. The van der Waals surface area contributed by atoms with E-state index >= 15 is 0 Å². The minimum atomic E-state index is 0.544. The molecule has 7 heteroatoms. The fourth-order valence-corrected chi connectivity index (χ4v) is 2.56. The van der Waals surface area contributed by atoms with E-state index in [1.54, 1.807) is 5.01 Å². The van der Waals surface area contributed by atoms with Crippen LogP contribution in [-0.4, -0.2) is 32.5 Å². The van der Waals surface area contributed by atoms with Gasteiger partial charge in [0.2, 0.25) is 5.90 Å². The number of nitrogens with zero attached hydrogens (tertiary/aromatic N) is 6. The highest BCUT2D eigenvalue weighted by Crippen LogP contribution is 2.34. The van der Waals surface area contributed by atoms with Crippen molar-refractivity contribution in [1.82, 2.24) is 19.6 Å². The molecule has 0 saturated carbocycles. The molecule has 2 aromatic heterocycles. The van der Waals surface area contributed by atoms with Gasteiger partial charge < -0.3 is 4.74 Å². The lowest BCUT2D eigenvalue weighted by atomic mass is 10.2. The Morgan fingerprint density at radius 1 is 1.05 bits per heavy atom. The van der Waals surface area contributed by atoms with Gasteiger partial charge in [0.25, 0.3) is 5.78 Å². The van der Waals surface area contributed by atoms with Crippen molar-refractivity contribution in [2.45, 2.75) is 13.8 Å². The van der Waals surface area contributed by atoms with Crippen molar-refractivity contribution >= 4 is 17.5 Å². The minimum absolute atomic E-state index is 0.544. The molecular formula is C15H14N6O. The Labute approximate surface area is 126 Å². The molecule has 1 aliphatic rings. The summed E-state index contributed by atoms with van der Waals surface area (Å²) in [7, 11) is 1.84. The second-order valence-electron chi connectivity index (χ2n) is 5.13. The maximum absolute atomic E-state index is 6.02. The lowest BCUT2D eigenvalue weighted by molar-refractivity contribution is 0.518. The third kappa shape index (κ3) is 1.75. The highest BCUT2D eigenvalue weighted by Gasteiger charge is 2.25. The summed E-state index contributed by atoms with van der Waals surface area (Å²) in [4.78, 5) is 4.49. The van der Waals surface area contributed by atoms with Crippen molar-refractivity contribution in [2.75, 3.05) is 12.1 Å². The standard InChI is InChI=1S/C15H14N6O/c1-9-12-13(16-15-18-17-10(2)21(9)15)20(3)19-14(22-12)11-7-5-4-6-8-11/h4-8H,1-3H3. The molecular weight excluding hydrogens is 280 g/mol. The number of hydrogen-bond acceptors (Lipinski definition) is 6. The van der Waals surface area contributed by atoms with E-state index in [1.165, 1.54) is 0 Å². The first-order valence-corrected chi connectivity index (χ1v) is 6.93. The zero-order chi connectivity index (χ0) is 15.3. The normalized spacial score (nSPS) is 13.8. The monoisotopic (exact) mass is 294 g/mol. The number of rotatable bonds is 1. The number of aryl methyl sites for hydroxylation is 2. The summed E-state index contributed by atoms with van der Waals surface area (Å²) in [6, 6.07) is 9.79. The third-order valence-corrected chi connectivity index (χ3v) is 3.65. The van der Waals surface area contributed by atoms with E-state index in [0.717, 1.165) is 17.1 Å². The summed E-state index contributed by atoms with van der Waals surface area (Å²) >= 11 is 0. The van der Waals surface area contributed by atoms with Crippen molar-refractivity contribution in [2.24, 2.45) is 5.10 Å². The van der Waals surface area contributed by atoms with Gasteiger partial charge in [0.15, 0.2) is 11.6 Å². The Balaban J connectivity index is 1.90. The lowest BCUT2D eigenvalue weighted by Crippen LogP contribution is -2.26. The van der Waals surface area contributed by atoms with Gasteiger partial charge in [0.1, 0.15) is 5.82 Å². The Morgan fingerprint density at radius 3 is 2.59 bits per heavy atom. The average Bonchev–Trinajstić information content (AvgIpc) is 2.91. The number of fused-ring (bicyclic) bond motifs is 2. The van der Waals surface area contributed by atoms with Gasteiger partial charge in [-0.05, 0) is 26.0 Å². The first-order valence-electron chi connectivity index (χ1n) is 6.93. The van der Waals surface area contributed by atoms with Crippen molar-refractivity contribution in [3.8, 4) is 5.75 Å². The Bertz CT molecular complexity index is 899. The first-order chi connectivity index (χ1) is 10.6. The molecule has 1 aromatic carbocycles. The molecule has 7 nitrogen and oxygen atoms in total. The maximum atomic E-state index is 6.02. The Kier molecular flexibility index (Phi) is 2.62. The predicted octanol–water partition coefficient (Wildman–Crippen LogP) is 1.93. The summed E-state index contributed by atoms with van der Waals surface area (Å²) in [5, 5.41) is 14.3. The van der Waals surface area contributed by atoms with Crippen molar-refractivity contribution in [3.63, 3.8) is 0 Å². The van der Waals surface area contributed by atoms with Crippen molar-refractivity contribution in [1.29, 1.82) is 0 Å². The number of anilines is 1. The first kappa shape index (κ1) is 12.8. The van der Waals surface area contributed by atoms with Crippen molar-refractivity contribution in [3.05, 3.63) is 47.4 Å². The minimum Gasteiger partial charge on any atom is -0.431 e. The topological polar surface area (TPSA) is 67.9 Å². The van der Waals surface area contributed by atoms with E-state index in [9.17, 15) is 0 Å². The number of hydrazone groups is 1. The molecule has 0 amide bonds. The number of benzene rings is 1. The quantitative estimate of drug-likeness (QED) is 0.686. The van der Waals surface area contributed by atoms with Crippen LogP contribution in [0.1, 0.15) is 17.1 Å². The number of aromatic nitrogens is 4. The molecule has 3 heterocycles. The third-order valence-electron chi connectivity index (χ3n) is 3.65. The van der Waals surface area contributed by atoms with Crippen LogP contribution in [0.4, 0.5) is 5.82 Å². The Hall–Kier alpha value is -2.96. The molecule has 110 valence electrons. The van der Waals surface area contributed by atoms with Gasteiger partial charge in [-0.3, -0.25) is 4.40 Å². The van der Waals surface area contributed by atoms with E-state index in [2.05, 4.69) is 20.3 Å². The molecule has 4 rings (SSSR count). The predicted molar refractivity (Wildman–Crippen MR) is 82.3 cm³/mol. The van der Waals surface area contributed by atoms with Crippen LogP contribution in [0, 0.1) is 13.8 Å². The van der Waals surface area contributed by atoms with Crippen LogP contribution >= 0.6 is 0 Å². The molecule has 0 fully saturated rings. The molecule has 3 aromatic rings. The van der Waals surface area contributed by atoms with E-state index in [1.807, 2.05) is 55.6 Å². The maximum Gasteiger partial charge on any atom is 0.257 e. The molecule has 22 heavy (non-hydrogen) atoms.